The lowest BCUT2D eigenvalue weighted by Gasteiger charge is -2.13. The fourth-order valence-corrected chi connectivity index (χ4v) is 4.26. The topological polar surface area (TPSA) is 80.0 Å². The number of carbonyl (C=O) groups is 1. The SMILES string of the molecule is O=C(CSc1nnc(Br)n1-c1ccc(C2CC2)c2ccccc12)NO. The molecule has 0 radical (unpaired) electrons. The van der Waals surface area contributed by atoms with Crippen molar-refractivity contribution in [2.75, 3.05) is 5.75 Å². The van der Waals surface area contributed by atoms with Gasteiger partial charge in [-0.05, 0) is 51.7 Å². The highest BCUT2D eigenvalue weighted by molar-refractivity contribution is 9.10. The third kappa shape index (κ3) is 3.17. The maximum atomic E-state index is 11.3. The summed E-state index contributed by atoms with van der Waals surface area (Å²) in [4.78, 5) is 11.3. The van der Waals surface area contributed by atoms with Crippen molar-refractivity contribution in [1.29, 1.82) is 0 Å². The van der Waals surface area contributed by atoms with Crippen LogP contribution in [-0.2, 0) is 4.79 Å². The second-order valence-electron chi connectivity index (χ2n) is 5.90. The monoisotopic (exact) mass is 418 g/mol. The molecular weight excluding hydrogens is 404 g/mol. The standard InChI is InChI=1S/C17H15BrN4O2S/c18-16-19-20-17(25-9-15(23)21-24)22(16)14-8-7-11(10-5-6-10)12-3-1-2-4-13(12)14/h1-4,7-8,10,24H,5-6,9H2,(H,21,23). The molecular formula is C17H15BrN4O2S. The quantitative estimate of drug-likeness (QED) is 0.375. The molecule has 1 aliphatic carbocycles. The van der Waals surface area contributed by atoms with Gasteiger partial charge < -0.3 is 0 Å². The first kappa shape index (κ1) is 16.6. The lowest BCUT2D eigenvalue weighted by molar-refractivity contribution is -0.126. The van der Waals surface area contributed by atoms with Crippen LogP contribution in [-0.4, -0.2) is 31.6 Å². The van der Waals surface area contributed by atoms with Crippen LogP contribution in [0.15, 0.2) is 46.3 Å². The molecule has 1 saturated carbocycles. The number of thioether (sulfide) groups is 1. The summed E-state index contributed by atoms with van der Waals surface area (Å²) in [6.07, 6.45) is 2.49. The van der Waals surface area contributed by atoms with Crippen LogP contribution in [0.4, 0.5) is 0 Å². The molecule has 0 saturated heterocycles. The van der Waals surface area contributed by atoms with Gasteiger partial charge in [0.25, 0.3) is 5.91 Å². The highest BCUT2D eigenvalue weighted by Crippen LogP contribution is 2.44. The zero-order chi connectivity index (χ0) is 17.4. The number of benzene rings is 2. The van der Waals surface area contributed by atoms with Gasteiger partial charge in [-0.15, -0.1) is 10.2 Å². The van der Waals surface area contributed by atoms with Crippen LogP contribution in [0.3, 0.4) is 0 Å². The van der Waals surface area contributed by atoms with Gasteiger partial charge in [-0.3, -0.25) is 14.6 Å². The van der Waals surface area contributed by atoms with E-state index >= 15 is 0 Å². The van der Waals surface area contributed by atoms with E-state index in [1.807, 2.05) is 10.6 Å². The molecule has 3 aromatic rings. The van der Waals surface area contributed by atoms with Crippen molar-refractivity contribution in [3.63, 3.8) is 0 Å². The summed E-state index contributed by atoms with van der Waals surface area (Å²) >= 11 is 4.66. The fraction of sp³-hybridized carbons (Fsp3) is 0.235. The number of halogens is 1. The van der Waals surface area contributed by atoms with Crippen LogP contribution in [0.25, 0.3) is 16.5 Å². The number of nitrogens with zero attached hydrogens (tertiary/aromatic N) is 3. The van der Waals surface area contributed by atoms with Gasteiger partial charge >= 0.3 is 0 Å². The van der Waals surface area contributed by atoms with Crippen molar-refractivity contribution >= 4 is 44.4 Å². The smallest absolute Gasteiger partial charge is 0.253 e. The van der Waals surface area contributed by atoms with Gasteiger partial charge in [0.1, 0.15) is 0 Å². The van der Waals surface area contributed by atoms with Crippen molar-refractivity contribution in [2.45, 2.75) is 23.9 Å². The first-order valence-electron chi connectivity index (χ1n) is 7.87. The van der Waals surface area contributed by atoms with Crippen molar-refractivity contribution in [3.05, 3.63) is 46.7 Å². The number of aromatic nitrogens is 3. The van der Waals surface area contributed by atoms with E-state index in [1.54, 1.807) is 5.48 Å². The lowest BCUT2D eigenvalue weighted by Crippen LogP contribution is -2.20. The van der Waals surface area contributed by atoms with Crippen molar-refractivity contribution in [1.82, 2.24) is 20.2 Å². The summed E-state index contributed by atoms with van der Waals surface area (Å²) in [6.45, 7) is 0. The van der Waals surface area contributed by atoms with Gasteiger partial charge in [0.15, 0.2) is 5.16 Å². The Hall–Kier alpha value is -1.90. The summed E-state index contributed by atoms with van der Waals surface area (Å²) in [5.41, 5.74) is 3.98. The van der Waals surface area contributed by atoms with Crippen LogP contribution in [0.5, 0.6) is 0 Å². The molecule has 0 bridgehead atoms. The molecule has 1 aromatic heterocycles. The Kier molecular flexibility index (Phi) is 4.49. The molecule has 1 amide bonds. The molecule has 0 spiro atoms. The van der Waals surface area contributed by atoms with Gasteiger partial charge in [0, 0.05) is 5.39 Å². The van der Waals surface area contributed by atoms with Crippen LogP contribution in [0, 0.1) is 0 Å². The highest BCUT2D eigenvalue weighted by Gasteiger charge is 2.26. The molecule has 2 aromatic carbocycles. The molecule has 8 heteroatoms. The average molecular weight is 419 g/mol. The van der Waals surface area contributed by atoms with Gasteiger partial charge in [0.2, 0.25) is 4.73 Å². The van der Waals surface area contributed by atoms with E-state index in [0.717, 1.165) is 11.1 Å². The third-order valence-electron chi connectivity index (χ3n) is 4.24. The number of carbonyl (C=O) groups excluding carboxylic acids is 1. The fourth-order valence-electron chi connectivity index (χ4n) is 2.96. The Morgan fingerprint density at radius 1 is 1.24 bits per heavy atom. The Balaban J connectivity index is 1.81. The molecule has 1 heterocycles. The van der Waals surface area contributed by atoms with Crippen LogP contribution >= 0.6 is 27.7 Å². The average Bonchev–Trinajstić information content (AvgIpc) is 3.42. The summed E-state index contributed by atoms with van der Waals surface area (Å²) in [5.74, 6) is 0.231. The Morgan fingerprint density at radius 2 is 2.00 bits per heavy atom. The minimum absolute atomic E-state index is 0.0553. The summed E-state index contributed by atoms with van der Waals surface area (Å²) in [6, 6.07) is 12.6. The second-order valence-corrected chi connectivity index (χ2v) is 7.56. The van der Waals surface area contributed by atoms with Gasteiger partial charge in [0.05, 0.1) is 11.4 Å². The zero-order valence-corrected chi connectivity index (χ0v) is 15.5. The van der Waals surface area contributed by atoms with Crippen LogP contribution in [0.1, 0.15) is 24.3 Å². The van der Waals surface area contributed by atoms with E-state index in [-0.39, 0.29) is 5.75 Å². The number of fused-ring (bicyclic) bond motifs is 1. The van der Waals surface area contributed by atoms with Crippen molar-refractivity contribution < 1.29 is 10.0 Å². The highest BCUT2D eigenvalue weighted by atomic mass is 79.9. The third-order valence-corrected chi connectivity index (χ3v) is 5.69. The predicted octanol–water partition coefficient (Wildman–Crippen LogP) is 3.66. The first-order valence-corrected chi connectivity index (χ1v) is 9.65. The minimum Gasteiger partial charge on any atom is -0.289 e. The molecule has 1 aliphatic rings. The summed E-state index contributed by atoms with van der Waals surface area (Å²) in [5, 5.41) is 19.9. The van der Waals surface area contributed by atoms with E-state index in [2.05, 4.69) is 56.5 Å². The Bertz CT molecular complexity index is 955. The minimum atomic E-state index is -0.482. The van der Waals surface area contributed by atoms with E-state index in [1.165, 1.54) is 35.6 Å². The van der Waals surface area contributed by atoms with E-state index < -0.39 is 5.91 Å². The number of rotatable bonds is 5. The Morgan fingerprint density at radius 3 is 2.72 bits per heavy atom. The van der Waals surface area contributed by atoms with Gasteiger partial charge in [-0.1, -0.05) is 42.1 Å². The zero-order valence-electron chi connectivity index (χ0n) is 13.1. The summed E-state index contributed by atoms with van der Waals surface area (Å²) < 4.78 is 2.46. The molecule has 0 aliphatic heterocycles. The van der Waals surface area contributed by atoms with Crippen molar-refractivity contribution in [3.8, 4) is 5.69 Å². The largest absolute Gasteiger partial charge is 0.289 e. The van der Waals surface area contributed by atoms with Crippen LogP contribution < -0.4 is 5.48 Å². The molecule has 0 unspecified atom stereocenters. The van der Waals surface area contributed by atoms with Crippen molar-refractivity contribution in [2.24, 2.45) is 0 Å². The number of hydrogen-bond acceptors (Lipinski definition) is 5. The normalized spacial score (nSPS) is 14.0. The van der Waals surface area contributed by atoms with E-state index in [0.29, 0.717) is 15.8 Å². The van der Waals surface area contributed by atoms with E-state index in [4.69, 9.17) is 5.21 Å². The molecule has 6 nitrogen and oxygen atoms in total. The lowest BCUT2D eigenvalue weighted by atomic mass is 9.99. The number of amides is 1. The number of hydrogen-bond donors (Lipinski definition) is 2. The molecule has 2 N–H and O–H groups in total. The Labute approximate surface area is 156 Å². The van der Waals surface area contributed by atoms with Gasteiger partial charge in [-0.2, -0.15) is 0 Å². The molecule has 0 atom stereocenters. The number of nitrogens with one attached hydrogen (secondary N) is 1. The first-order chi connectivity index (χ1) is 12.2. The maximum absolute atomic E-state index is 11.3. The second kappa shape index (κ2) is 6.78. The van der Waals surface area contributed by atoms with E-state index in [9.17, 15) is 4.79 Å². The molecule has 25 heavy (non-hydrogen) atoms. The number of hydroxylamine groups is 1. The maximum Gasteiger partial charge on any atom is 0.253 e. The van der Waals surface area contributed by atoms with Gasteiger partial charge in [-0.25, -0.2) is 5.48 Å². The van der Waals surface area contributed by atoms with Crippen LogP contribution in [0.2, 0.25) is 0 Å². The molecule has 4 rings (SSSR count). The molecule has 1 fully saturated rings. The molecule has 128 valence electrons. The predicted molar refractivity (Wildman–Crippen MR) is 99.2 cm³/mol. The summed E-state index contributed by atoms with van der Waals surface area (Å²) in [7, 11) is 0.